The van der Waals surface area contributed by atoms with Crippen molar-refractivity contribution in [2.75, 3.05) is 21.9 Å². The number of anilines is 2. The van der Waals surface area contributed by atoms with Gasteiger partial charge in [0.25, 0.3) is 0 Å². The molecule has 0 radical (unpaired) electrons. The van der Waals surface area contributed by atoms with Gasteiger partial charge in [0.2, 0.25) is 10.0 Å². The summed E-state index contributed by atoms with van der Waals surface area (Å²) in [6.07, 6.45) is 0.561. The van der Waals surface area contributed by atoms with Crippen LogP contribution in [0.4, 0.5) is 11.4 Å². The lowest BCUT2D eigenvalue weighted by atomic mass is 9.91. The van der Waals surface area contributed by atoms with Gasteiger partial charge < -0.3 is 4.90 Å². The zero-order chi connectivity index (χ0) is 19.6. The molecule has 0 fully saturated rings. The van der Waals surface area contributed by atoms with E-state index in [0.717, 1.165) is 23.4 Å². The average molecular weight is 404 g/mol. The largest absolute Gasteiger partial charge is 0.363 e. The molecular formula is C20H22ClN3O2S. The molecule has 3 rings (SSSR count). The Morgan fingerprint density at radius 1 is 1.19 bits per heavy atom. The van der Waals surface area contributed by atoms with Crippen LogP contribution in [-0.2, 0) is 10.0 Å². The summed E-state index contributed by atoms with van der Waals surface area (Å²) in [5.74, 6) is -0.241. The van der Waals surface area contributed by atoms with Gasteiger partial charge in [-0.2, -0.15) is 5.26 Å². The van der Waals surface area contributed by atoms with Gasteiger partial charge in [-0.25, -0.2) is 8.42 Å². The number of fused-ring (bicyclic) bond motifs is 1. The van der Waals surface area contributed by atoms with Gasteiger partial charge in [-0.15, -0.1) is 0 Å². The first-order chi connectivity index (χ1) is 12.9. The van der Waals surface area contributed by atoms with Gasteiger partial charge in [-0.05, 0) is 54.8 Å². The molecule has 1 aliphatic rings. The van der Waals surface area contributed by atoms with E-state index in [1.165, 1.54) is 0 Å². The number of benzene rings is 2. The molecular weight excluding hydrogens is 382 g/mol. The van der Waals surface area contributed by atoms with Crippen molar-refractivity contribution in [3.63, 3.8) is 0 Å². The summed E-state index contributed by atoms with van der Waals surface area (Å²) in [6, 6.07) is 15.2. The number of nitriles is 1. The number of hydrogen-bond acceptors (Lipinski definition) is 4. The molecule has 27 heavy (non-hydrogen) atoms. The molecule has 0 saturated heterocycles. The average Bonchev–Trinajstić information content (AvgIpc) is 2.94. The van der Waals surface area contributed by atoms with Crippen molar-refractivity contribution < 1.29 is 8.42 Å². The topological polar surface area (TPSA) is 73.2 Å². The lowest BCUT2D eigenvalue weighted by molar-refractivity contribution is 0.600. The SMILES string of the molecule is CCCS(=O)(=O)Nc1ccc(C2C(C#N)c3cc(Cl)ccc3N2CC)cc1. The third kappa shape index (κ3) is 3.90. The van der Waals surface area contributed by atoms with Crippen molar-refractivity contribution in [3.8, 4) is 6.07 Å². The van der Waals surface area contributed by atoms with Crippen LogP contribution in [0.25, 0.3) is 0 Å². The maximum Gasteiger partial charge on any atom is 0.232 e. The molecule has 0 spiro atoms. The second-order valence-corrected chi connectivity index (χ2v) is 8.86. The first-order valence-electron chi connectivity index (χ1n) is 8.96. The molecule has 142 valence electrons. The number of likely N-dealkylation sites (N-methyl/N-ethyl adjacent to an activating group) is 1. The molecule has 0 aromatic heterocycles. The smallest absolute Gasteiger partial charge is 0.232 e. The summed E-state index contributed by atoms with van der Waals surface area (Å²) in [7, 11) is -3.32. The zero-order valence-corrected chi connectivity index (χ0v) is 16.9. The second-order valence-electron chi connectivity index (χ2n) is 6.58. The first-order valence-corrected chi connectivity index (χ1v) is 11.0. The molecule has 2 aromatic rings. The van der Waals surface area contributed by atoms with Gasteiger partial charge >= 0.3 is 0 Å². The summed E-state index contributed by atoms with van der Waals surface area (Å²) in [5.41, 5.74) is 3.45. The number of nitrogens with one attached hydrogen (secondary N) is 1. The van der Waals surface area contributed by atoms with Crippen LogP contribution in [0, 0.1) is 11.3 Å². The van der Waals surface area contributed by atoms with E-state index >= 15 is 0 Å². The van der Waals surface area contributed by atoms with E-state index in [2.05, 4.69) is 22.6 Å². The summed E-state index contributed by atoms with van der Waals surface area (Å²) in [6.45, 7) is 4.63. The summed E-state index contributed by atoms with van der Waals surface area (Å²) < 4.78 is 26.5. The molecule has 1 aliphatic heterocycles. The molecule has 0 saturated carbocycles. The maximum atomic E-state index is 11.9. The third-order valence-corrected chi connectivity index (χ3v) is 6.49. The zero-order valence-electron chi connectivity index (χ0n) is 15.3. The fourth-order valence-corrected chi connectivity index (χ4v) is 4.98. The summed E-state index contributed by atoms with van der Waals surface area (Å²) >= 11 is 6.15. The molecule has 0 aliphatic carbocycles. The molecule has 7 heteroatoms. The van der Waals surface area contributed by atoms with E-state index in [-0.39, 0.29) is 17.7 Å². The quantitative estimate of drug-likeness (QED) is 0.759. The van der Waals surface area contributed by atoms with Crippen LogP contribution in [0.3, 0.4) is 0 Å². The third-order valence-electron chi connectivity index (χ3n) is 4.76. The summed E-state index contributed by atoms with van der Waals surface area (Å²) in [4.78, 5) is 2.19. The number of sulfonamides is 1. The predicted molar refractivity (Wildman–Crippen MR) is 110 cm³/mol. The fourth-order valence-electron chi connectivity index (χ4n) is 3.66. The Morgan fingerprint density at radius 3 is 2.48 bits per heavy atom. The minimum absolute atomic E-state index is 0.0908. The Labute approximate surface area is 165 Å². The van der Waals surface area contributed by atoms with Gasteiger partial charge in [-0.1, -0.05) is 30.7 Å². The van der Waals surface area contributed by atoms with E-state index in [1.54, 1.807) is 12.1 Å². The maximum absolute atomic E-state index is 11.9. The molecule has 1 N–H and O–H groups in total. The van der Waals surface area contributed by atoms with Crippen LogP contribution in [0.5, 0.6) is 0 Å². The van der Waals surface area contributed by atoms with Crippen molar-refractivity contribution in [2.45, 2.75) is 32.2 Å². The molecule has 1 heterocycles. The lowest BCUT2D eigenvalue weighted by Gasteiger charge is -2.28. The Balaban J connectivity index is 1.93. The molecule has 2 aromatic carbocycles. The van der Waals surface area contributed by atoms with Gasteiger partial charge in [0.1, 0.15) is 0 Å². The van der Waals surface area contributed by atoms with Crippen molar-refractivity contribution in [1.29, 1.82) is 5.26 Å². The van der Waals surface area contributed by atoms with Crippen LogP contribution in [0.1, 0.15) is 43.4 Å². The highest BCUT2D eigenvalue weighted by Gasteiger charge is 2.39. The molecule has 5 nitrogen and oxygen atoms in total. The Bertz CT molecular complexity index is 968. The van der Waals surface area contributed by atoms with Crippen molar-refractivity contribution in [3.05, 3.63) is 58.6 Å². The molecule has 0 bridgehead atoms. The lowest BCUT2D eigenvalue weighted by Crippen LogP contribution is -2.26. The van der Waals surface area contributed by atoms with Crippen LogP contribution in [-0.4, -0.2) is 20.7 Å². The second kappa shape index (κ2) is 7.79. The predicted octanol–water partition coefficient (Wildman–Crippen LogP) is 4.68. The van der Waals surface area contributed by atoms with Crippen molar-refractivity contribution >= 4 is 33.0 Å². The van der Waals surface area contributed by atoms with Crippen LogP contribution in [0.15, 0.2) is 42.5 Å². The highest BCUT2D eigenvalue weighted by atomic mass is 35.5. The van der Waals surface area contributed by atoms with Gasteiger partial charge in [0, 0.05) is 22.9 Å². The normalized spacial score (nSPS) is 18.8. The van der Waals surface area contributed by atoms with E-state index in [9.17, 15) is 13.7 Å². The van der Waals surface area contributed by atoms with Crippen molar-refractivity contribution in [1.82, 2.24) is 0 Å². The molecule has 2 unspecified atom stereocenters. The van der Waals surface area contributed by atoms with Crippen LogP contribution < -0.4 is 9.62 Å². The Kier molecular flexibility index (Phi) is 5.64. The number of rotatable bonds is 6. The number of hydrogen-bond donors (Lipinski definition) is 1. The van der Waals surface area contributed by atoms with Gasteiger partial charge in [0.15, 0.2) is 0 Å². The number of nitrogens with zero attached hydrogens (tertiary/aromatic N) is 2. The Hall–Kier alpha value is -2.23. The summed E-state index contributed by atoms with van der Waals surface area (Å²) in [5, 5.41) is 10.4. The first kappa shape index (κ1) is 19.5. The van der Waals surface area contributed by atoms with E-state index in [1.807, 2.05) is 37.3 Å². The molecule has 0 amide bonds. The van der Waals surface area contributed by atoms with Crippen LogP contribution >= 0.6 is 11.6 Å². The van der Waals surface area contributed by atoms with E-state index < -0.39 is 10.0 Å². The standard InChI is InChI=1S/C20H22ClN3O2S/c1-3-11-27(25,26)23-16-8-5-14(6-9-16)20-18(13-22)17-12-15(21)7-10-19(17)24(20)4-2/h5-10,12,18,20,23H,3-4,11H2,1-2H3. The Morgan fingerprint density at radius 2 is 1.89 bits per heavy atom. The minimum atomic E-state index is -3.32. The van der Waals surface area contributed by atoms with Gasteiger partial charge in [0.05, 0.1) is 23.8 Å². The van der Waals surface area contributed by atoms with E-state index in [4.69, 9.17) is 11.6 Å². The molecule has 2 atom stereocenters. The van der Waals surface area contributed by atoms with Crippen molar-refractivity contribution in [2.24, 2.45) is 0 Å². The van der Waals surface area contributed by atoms with Crippen LogP contribution in [0.2, 0.25) is 5.02 Å². The van der Waals surface area contributed by atoms with Gasteiger partial charge in [-0.3, -0.25) is 4.72 Å². The monoisotopic (exact) mass is 403 g/mol. The number of halogens is 1. The van der Waals surface area contributed by atoms with E-state index in [0.29, 0.717) is 17.1 Å². The highest BCUT2D eigenvalue weighted by Crippen LogP contribution is 2.49. The highest BCUT2D eigenvalue weighted by molar-refractivity contribution is 7.92. The minimum Gasteiger partial charge on any atom is -0.363 e. The fraction of sp³-hybridized carbons (Fsp3) is 0.350.